The maximum absolute atomic E-state index is 13.3. The van der Waals surface area contributed by atoms with Crippen molar-refractivity contribution in [3.63, 3.8) is 0 Å². The number of carbonyl (C=O) groups is 1. The van der Waals surface area contributed by atoms with Gasteiger partial charge in [-0.25, -0.2) is 26.0 Å². The Morgan fingerprint density at radius 1 is 1.07 bits per heavy atom. The van der Waals surface area contributed by atoms with Gasteiger partial charge >= 0.3 is 0 Å². The van der Waals surface area contributed by atoms with E-state index in [9.17, 15) is 30.8 Å². The second-order valence-corrected chi connectivity index (χ2v) is 9.72. The highest BCUT2D eigenvalue weighted by Gasteiger charge is 2.37. The lowest BCUT2D eigenvalue weighted by Crippen LogP contribution is -2.28. The van der Waals surface area contributed by atoms with E-state index < -0.39 is 39.2 Å². The Morgan fingerprint density at radius 2 is 1.73 bits per heavy atom. The zero-order valence-electron chi connectivity index (χ0n) is 15.6. The molecule has 30 heavy (non-hydrogen) atoms. The summed E-state index contributed by atoms with van der Waals surface area (Å²) in [7, 11) is -3.94. The molecule has 0 heterocycles. The third-order valence-corrected chi connectivity index (χ3v) is 7.36. The summed E-state index contributed by atoms with van der Waals surface area (Å²) < 4.78 is 78.5. The Hall–Kier alpha value is -2.13. The van der Waals surface area contributed by atoms with Gasteiger partial charge in [0.25, 0.3) is 5.91 Å². The smallest absolute Gasteiger partial charge is 0.255 e. The Labute approximate surface area is 176 Å². The molecule has 0 unspecified atom stereocenters. The topological polar surface area (TPSA) is 63.2 Å². The van der Waals surface area contributed by atoms with Gasteiger partial charge in [-0.05, 0) is 49.1 Å². The molecular weight excluding hydrogens is 446 g/mol. The number of alkyl halides is 2. The van der Waals surface area contributed by atoms with E-state index in [0.29, 0.717) is 0 Å². The molecule has 10 heteroatoms. The van der Waals surface area contributed by atoms with Crippen LogP contribution in [-0.4, -0.2) is 26.0 Å². The van der Waals surface area contributed by atoms with Crippen LogP contribution in [0.15, 0.2) is 41.3 Å². The molecule has 2 aromatic carbocycles. The van der Waals surface area contributed by atoms with Crippen molar-refractivity contribution in [2.75, 3.05) is 11.1 Å². The Morgan fingerprint density at radius 3 is 2.37 bits per heavy atom. The van der Waals surface area contributed by atoms with Crippen LogP contribution in [-0.2, 0) is 9.84 Å². The van der Waals surface area contributed by atoms with E-state index in [0.717, 1.165) is 24.3 Å². The van der Waals surface area contributed by atoms with Crippen LogP contribution in [0, 0.1) is 17.6 Å². The second kappa shape index (κ2) is 8.55. The highest BCUT2D eigenvalue weighted by atomic mass is 35.5. The minimum atomic E-state index is -3.94. The zero-order chi connectivity index (χ0) is 22.1. The summed E-state index contributed by atoms with van der Waals surface area (Å²) in [6.45, 7) is 0. The van der Waals surface area contributed by atoms with Crippen molar-refractivity contribution >= 4 is 33.0 Å². The third kappa shape index (κ3) is 5.31. The minimum Gasteiger partial charge on any atom is -0.322 e. The summed E-state index contributed by atoms with van der Waals surface area (Å²) in [5, 5.41) is 2.25. The standard InChI is InChI=1S/C20H18ClF4NO3S/c21-15-3-1-13(19(27)26-14-2-4-16(22)17(23)10-14)9-18(15)30(28,29)11-12-5-7-20(24,25)8-6-12/h1-4,9-10,12H,5-8,11H2,(H,26,27). The molecule has 0 atom stereocenters. The zero-order valence-corrected chi connectivity index (χ0v) is 17.2. The monoisotopic (exact) mass is 463 g/mol. The number of anilines is 1. The van der Waals surface area contributed by atoms with E-state index >= 15 is 0 Å². The van der Waals surface area contributed by atoms with Crippen molar-refractivity contribution < 1.29 is 30.8 Å². The fourth-order valence-corrected chi connectivity index (χ4v) is 5.60. The minimum absolute atomic E-state index is 0.0126. The predicted molar refractivity (Wildman–Crippen MR) is 105 cm³/mol. The normalized spacial score (nSPS) is 17.0. The van der Waals surface area contributed by atoms with E-state index in [-0.39, 0.29) is 52.6 Å². The third-order valence-electron chi connectivity index (χ3n) is 5.00. The molecule has 0 bridgehead atoms. The SMILES string of the molecule is O=C(Nc1ccc(F)c(F)c1)c1ccc(Cl)c(S(=O)(=O)CC2CCC(F)(F)CC2)c1. The predicted octanol–water partition coefficient (Wildman–Crippen LogP) is 5.47. The van der Waals surface area contributed by atoms with Gasteiger partial charge in [-0.2, -0.15) is 0 Å². The fourth-order valence-electron chi connectivity index (χ4n) is 3.33. The highest BCUT2D eigenvalue weighted by Crippen LogP contribution is 2.37. The van der Waals surface area contributed by atoms with Gasteiger partial charge in [0.05, 0.1) is 15.7 Å². The van der Waals surface area contributed by atoms with Crippen molar-refractivity contribution in [3.8, 4) is 0 Å². The van der Waals surface area contributed by atoms with Gasteiger partial charge in [0.2, 0.25) is 5.92 Å². The Balaban J connectivity index is 1.78. The van der Waals surface area contributed by atoms with E-state index in [4.69, 9.17) is 11.6 Å². The number of halogens is 5. The van der Waals surface area contributed by atoms with Gasteiger partial charge < -0.3 is 5.32 Å². The maximum Gasteiger partial charge on any atom is 0.255 e. The average molecular weight is 464 g/mol. The molecule has 2 aromatic rings. The van der Waals surface area contributed by atoms with Crippen LogP contribution < -0.4 is 5.32 Å². The first-order valence-corrected chi connectivity index (χ1v) is 11.2. The Kier molecular flexibility index (Phi) is 6.43. The second-order valence-electron chi connectivity index (χ2n) is 7.31. The first kappa shape index (κ1) is 22.6. The van der Waals surface area contributed by atoms with Crippen LogP contribution in [0.5, 0.6) is 0 Å². The number of sulfone groups is 1. The largest absolute Gasteiger partial charge is 0.322 e. The van der Waals surface area contributed by atoms with Crippen LogP contribution in [0.2, 0.25) is 5.02 Å². The number of rotatable bonds is 5. The molecule has 1 aliphatic rings. The summed E-state index contributed by atoms with van der Waals surface area (Å²) in [5.41, 5.74) is -0.0701. The number of nitrogens with one attached hydrogen (secondary N) is 1. The summed E-state index contributed by atoms with van der Waals surface area (Å²) in [6, 6.07) is 6.41. The van der Waals surface area contributed by atoms with Crippen LogP contribution >= 0.6 is 11.6 Å². The van der Waals surface area contributed by atoms with Gasteiger partial charge in [0.1, 0.15) is 0 Å². The average Bonchev–Trinajstić information content (AvgIpc) is 2.66. The van der Waals surface area contributed by atoms with E-state index in [2.05, 4.69) is 5.32 Å². The first-order valence-electron chi connectivity index (χ1n) is 9.13. The molecule has 1 N–H and O–H groups in total. The van der Waals surface area contributed by atoms with Gasteiger partial charge in [-0.1, -0.05) is 11.6 Å². The number of amides is 1. The van der Waals surface area contributed by atoms with Crippen molar-refractivity contribution in [1.82, 2.24) is 0 Å². The van der Waals surface area contributed by atoms with Crippen LogP contribution in [0.4, 0.5) is 23.2 Å². The molecule has 0 aliphatic heterocycles. The molecule has 0 saturated heterocycles. The van der Waals surface area contributed by atoms with Crippen LogP contribution in [0.3, 0.4) is 0 Å². The summed E-state index contributed by atoms with van der Waals surface area (Å²) >= 11 is 6.02. The van der Waals surface area contributed by atoms with Crippen molar-refractivity contribution in [2.45, 2.75) is 36.5 Å². The van der Waals surface area contributed by atoms with Gasteiger partial charge in [-0.3, -0.25) is 4.79 Å². The summed E-state index contributed by atoms with van der Waals surface area (Å²) in [4.78, 5) is 12.1. The quantitative estimate of drug-likeness (QED) is 0.598. The van der Waals surface area contributed by atoms with Crippen LogP contribution in [0.1, 0.15) is 36.0 Å². The van der Waals surface area contributed by atoms with Crippen LogP contribution in [0.25, 0.3) is 0 Å². The van der Waals surface area contributed by atoms with Crippen molar-refractivity contribution in [1.29, 1.82) is 0 Å². The molecule has 0 aromatic heterocycles. The van der Waals surface area contributed by atoms with Crippen molar-refractivity contribution in [3.05, 3.63) is 58.6 Å². The lowest BCUT2D eigenvalue weighted by atomic mass is 9.88. The molecule has 162 valence electrons. The molecule has 1 saturated carbocycles. The first-order chi connectivity index (χ1) is 14.0. The highest BCUT2D eigenvalue weighted by molar-refractivity contribution is 7.91. The molecule has 0 spiro atoms. The summed E-state index contributed by atoms with van der Waals surface area (Å²) in [5.74, 6) is -6.51. The van der Waals surface area contributed by atoms with Gasteiger partial charge in [0.15, 0.2) is 21.5 Å². The van der Waals surface area contributed by atoms with Crippen molar-refractivity contribution in [2.24, 2.45) is 5.92 Å². The number of carbonyl (C=O) groups excluding carboxylic acids is 1. The lowest BCUT2D eigenvalue weighted by molar-refractivity contribution is -0.0435. The van der Waals surface area contributed by atoms with E-state index in [1.54, 1.807) is 0 Å². The lowest BCUT2D eigenvalue weighted by Gasteiger charge is -2.28. The maximum atomic E-state index is 13.3. The van der Waals surface area contributed by atoms with E-state index in [1.165, 1.54) is 12.1 Å². The number of hydrogen-bond acceptors (Lipinski definition) is 3. The number of benzene rings is 2. The number of hydrogen-bond donors (Lipinski definition) is 1. The molecule has 4 nitrogen and oxygen atoms in total. The molecular formula is C20H18ClF4NO3S. The van der Waals surface area contributed by atoms with Gasteiger partial charge in [-0.15, -0.1) is 0 Å². The molecule has 1 amide bonds. The van der Waals surface area contributed by atoms with E-state index in [1.807, 2.05) is 0 Å². The summed E-state index contributed by atoms with van der Waals surface area (Å²) in [6.07, 6.45) is -0.560. The molecule has 3 rings (SSSR count). The van der Waals surface area contributed by atoms with Gasteiger partial charge in [0, 0.05) is 30.2 Å². The Bertz CT molecular complexity index is 1070. The fraction of sp³-hybridized carbons (Fsp3) is 0.350. The molecule has 0 radical (unpaired) electrons. The molecule has 1 fully saturated rings. The molecule has 1 aliphatic carbocycles.